The standard InChI is InChI=1S/C21H22ClFN4O5/c1-31-13-4-3-11(15(7-13)32-2)8-27-10-14-16(20(27)28)18(22)25-19(17(14)23)26-6-5-12(9-26)24-21(29)30/h3-4,7,12,24H,5-6,8-10H2,1-2H3,(H,29,30). The Kier molecular flexibility index (Phi) is 5.96. The number of fused-ring (bicyclic) bond motifs is 1. The second-order valence-electron chi connectivity index (χ2n) is 7.61. The van der Waals surface area contributed by atoms with Gasteiger partial charge in [0.05, 0.1) is 32.4 Å². The van der Waals surface area contributed by atoms with Crippen LogP contribution in [0.25, 0.3) is 0 Å². The smallest absolute Gasteiger partial charge is 0.404 e. The zero-order chi connectivity index (χ0) is 23.0. The molecule has 170 valence electrons. The minimum atomic E-state index is -1.13. The molecule has 4 rings (SSSR count). The number of aromatic nitrogens is 1. The molecule has 1 fully saturated rings. The van der Waals surface area contributed by atoms with E-state index in [1.807, 2.05) is 0 Å². The minimum absolute atomic E-state index is 0.0279. The number of ether oxygens (including phenoxy) is 2. The summed E-state index contributed by atoms with van der Waals surface area (Å²) in [5, 5.41) is 11.2. The predicted molar refractivity (Wildman–Crippen MR) is 114 cm³/mol. The van der Waals surface area contributed by atoms with Gasteiger partial charge in [0.1, 0.15) is 16.7 Å². The van der Waals surface area contributed by atoms with Crippen LogP contribution in [-0.2, 0) is 13.1 Å². The molecule has 2 aromatic rings. The van der Waals surface area contributed by atoms with Crippen molar-refractivity contribution in [2.45, 2.75) is 25.6 Å². The molecule has 32 heavy (non-hydrogen) atoms. The van der Waals surface area contributed by atoms with Crippen molar-refractivity contribution in [2.75, 3.05) is 32.2 Å². The fraction of sp³-hybridized carbons (Fsp3) is 0.381. The summed E-state index contributed by atoms with van der Waals surface area (Å²) in [6.07, 6.45) is -0.614. The van der Waals surface area contributed by atoms with Crippen molar-refractivity contribution in [2.24, 2.45) is 0 Å². The normalized spacial score (nSPS) is 17.5. The molecule has 0 spiro atoms. The van der Waals surface area contributed by atoms with Gasteiger partial charge < -0.3 is 29.7 Å². The Morgan fingerprint density at radius 2 is 2.16 bits per heavy atom. The molecule has 9 nitrogen and oxygen atoms in total. The first kappa shape index (κ1) is 21.9. The first-order chi connectivity index (χ1) is 15.3. The number of halogens is 2. The number of carbonyl (C=O) groups is 2. The van der Waals surface area contributed by atoms with E-state index in [9.17, 15) is 9.59 Å². The lowest BCUT2D eigenvalue weighted by molar-refractivity contribution is 0.0765. The van der Waals surface area contributed by atoms with E-state index in [1.54, 1.807) is 30.2 Å². The Morgan fingerprint density at radius 3 is 2.84 bits per heavy atom. The molecule has 11 heteroatoms. The number of nitrogens with one attached hydrogen (secondary N) is 1. The Balaban J connectivity index is 1.58. The average Bonchev–Trinajstić information content (AvgIpc) is 3.35. The van der Waals surface area contributed by atoms with E-state index in [1.165, 1.54) is 12.0 Å². The van der Waals surface area contributed by atoms with E-state index in [4.69, 9.17) is 26.2 Å². The number of methoxy groups -OCH3 is 2. The van der Waals surface area contributed by atoms with E-state index >= 15 is 4.39 Å². The maximum Gasteiger partial charge on any atom is 0.404 e. The van der Waals surface area contributed by atoms with E-state index < -0.39 is 17.8 Å². The summed E-state index contributed by atoms with van der Waals surface area (Å²) in [4.78, 5) is 31.1. The second kappa shape index (κ2) is 8.70. The van der Waals surface area contributed by atoms with Crippen LogP contribution in [0.15, 0.2) is 18.2 Å². The number of nitrogens with zero attached hydrogens (tertiary/aromatic N) is 3. The molecule has 0 bridgehead atoms. The summed E-state index contributed by atoms with van der Waals surface area (Å²) >= 11 is 6.30. The number of benzene rings is 1. The summed E-state index contributed by atoms with van der Waals surface area (Å²) in [6.45, 7) is 0.923. The molecule has 2 aliphatic heterocycles. The maximum absolute atomic E-state index is 15.4. The second-order valence-corrected chi connectivity index (χ2v) is 7.97. The quantitative estimate of drug-likeness (QED) is 0.633. The zero-order valence-electron chi connectivity index (χ0n) is 17.5. The molecule has 1 atom stereocenters. The van der Waals surface area contributed by atoms with Crippen molar-refractivity contribution in [1.29, 1.82) is 0 Å². The van der Waals surface area contributed by atoms with Crippen molar-refractivity contribution in [3.8, 4) is 11.5 Å². The molecule has 2 aliphatic rings. The van der Waals surface area contributed by atoms with Gasteiger partial charge in [0.15, 0.2) is 11.6 Å². The lowest BCUT2D eigenvalue weighted by Gasteiger charge is -2.19. The summed E-state index contributed by atoms with van der Waals surface area (Å²) in [6, 6.07) is 4.93. The fourth-order valence-corrected chi connectivity index (χ4v) is 4.40. The topological polar surface area (TPSA) is 104 Å². The van der Waals surface area contributed by atoms with Gasteiger partial charge in [-0.3, -0.25) is 4.79 Å². The maximum atomic E-state index is 15.4. The number of anilines is 1. The van der Waals surface area contributed by atoms with E-state index in [2.05, 4.69) is 10.3 Å². The minimum Gasteiger partial charge on any atom is -0.497 e. The number of hydrogen-bond acceptors (Lipinski definition) is 6. The number of rotatable bonds is 6. The third kappa shape index (κ3) is 3.97. The van der Waals surface area contributed by atoms with E-state index in [-0.39, 0.29) is 47.8 Å². The monoisotopic (exact) mass is 464 g/mol. The Labute approximate surface area is 188 Å². The molecular weight excluding hydrogens is 443 g/mol. The molecule has 0 radical (unpaired) electrons. The zero-order valence-corrected chi connectivity index (χ0v) is 18.3. The number of pyridine rings is 1. The summed E-state index contributed by atoms with van der Waals surface area (Å²) in [5.74, 6) is 0.170. The van der Waals surface area contributed by atoms with Crippen LogP contribution in [0.2, 0.25) is 5.15 Å². The molecule has 2 amide bonds. The molecule has 3 heterocycles. The lowest BCUT2D eigenvalue weighted by Crippen LogP contribution is -2.36. The summed E-state index contributed by atoms with van der Waals surface area (Å²) in [5.41, 5.74) is 0.980. The highest BCUT2D eigenvalue weighted by atomic mass is 35.5. The van der Waals surface area contributed by atoms with Crippen LogP contribution in [0.4, 0.5) is 15.0 Å². The molecule has 0 saturated carbocycles. The highest BCUT2D eigenvalue weighted by Gasteiger charge is 2.37. The van der Waals surface area contributed by atoms with Crippen molar-refractivity contribution in [3.63, 3.8) is 0 Å². The third-order valence-electron chi connectivity index (χ3n) is 5.69. The van der Waals surface area contributed by atoms with Crippen LogP contribution in [0, 0.1) is 5.82 Å². The van der Waals surface area contributed by atoms with E-state index in [0.29, 0.717) is 24.5 Å². The number of hydrogen-bond donors (Lipinski definition) is 2. The third-order valence-corrected chi connectivity index (χ3v) is 5.97. The molecule has 1 saturated heterocycles. The first-order valence-electron chi connectivity index (χ1n) is 9.94. The van der Waals surface area contributed by atoms with Crippen LogP contribution in [0.1, 0.15) is 27.9 Å². The van der Waals surface area contributed by atoms with Gasteiger partial charge in [-0.1, -0.05) is 11.6 Å². The Hall–Kier alpha value is -3.27. The molecule has 1 aromatic heterocycles. The van der Waals surface area contributed by atoms with Gasteiger partial charge in [0, 0.05) is 36.8 Å². The molecule has 2 N–H and O–H groups in total. The van der Waals surface area contributed by atoms with Gasteiger partial charge >= 0.3 is 6.09 Å². The van der Waals surface area contributed by atoms with Gasteiger partial charge in [-0.15, -0.1) is 0 Å². The highest BCUT2D eigenvalue weighted by molar-refractivity contribution is 6.33. The van der Waals surface area contributed by atoms with Crippen molar-refractivity contribution >= 4 is 29.4 Å². The van der Waals surface area contributed by atoms with Crippen molar-refractivity contribution < 1.29 is 28.6 Å². The van der Waals surface area contributed by atoms with Crippen molar-refractivity contribution in [3.05, 3.63) is 45.9 Å². The molecule has 1 aromatic carbocycles. The number of carbonyl (C=O) groups excluding carboxylic acids is 1. The molecular formula is C21H22ClFN4O5. The van der Waals surface area contributed by atoms with Gasteiger partial charge in [-0.2, -0.15) is 0 Å². The summed E-state index contributed by atoms with van der Waals surface area (Å²) in [7, 11) is 3.07. The largest absolute Gasteiger partial charge is 0.497 e. The van der Waals surface area contributed by atoms with Gasteiger partial charge in [0.25, 0.3) is 5.91 Å². The molecule has 0 aliphatic carbocycles. The highest BCUT2D eigenvalue weighted by Crippen LogP contribution is 2.37. The van der Waals surface area contributed by atoms with E-state index in [0.717, 1.165) is 5.56 Å². The van der Waals surface area contributed by atoms with Gasteiger partial charge in [-0.05, 0) is 18.6 Å². The number of amides is 2. The lowest BCUT2D eigenvalue weighted by atomic mass is 10.1. The summed E-state index contributed by atoms with van der Waals surface area (Å²) < 4.78 is 26.0. The SMILES string of the molecule is COc1ccc(CN2Cc3c(F)c(N4CCC(NC(=O)O)C4)nc(Cl)c3C2=O)c(OC)c1. The fourth-order valence-electron chi connectivity index (χ4n) is 4.12. The average molecular weight is 465 g/mol. The van der Waals surface area contributed by atoms with Crippen LogP contribution in [0.5, 0.6) is 11.5 Å². The predicted octanol–water partition coefficient (Wildman–Crippen LogP) is 2.89. The van der Waals surface area contributed by atoms with Gasteiger partial charge in [-0.25, -0.2) is 14.2 Å². The van der Waals surface area contributed by atoms with Crippen LogP contribution in [-0.4, -0.2) is 60.3 Å². The Morgan fingerprint density at radius 1 is 1.38 bits per heavy atom. The molecule has 1 unspecified atom stereocenters. The van der Waals surface area contributed by atoms with Crippen molar-refractivity contribution in [1.82, 2.24) is 15.2 Å². The Bertz CT molecular complexity index is 1080. The van der Waals surface area contributed by atoms with Gasteiger partial charge in [0.2, 0.25) is 0 Å². The number of carboxylic acid groups (broad SMARTS) is 1. The van der Waals surface area contributed by atoms with Crippen LogP contribution in [0.3, 0.4) is 0 Å². The first-order valence-corrected chi connectivity index (χ1v) is 10.3. The van der Waals surface area contributed by atoms with Crippen LogP contribution >= 0.6 is 11.6 Å². The van der Waals surface area contributed by atoms with Crippen LogP contribution < -0.4 is 19.7 Å².